The molecule has 0 saturated heterocycles. The summed E-state index contributed by atoms with van der Waals surface area (Å²) in [5, 5.41) is 3.72. The SMILES string of the molecule is Cc1cc(Cl)cc2sc(NC(=O)c3cccc(NS(=O)(=O)c4ccc(F)cc4)c3)nc12. The van der Waals surface area contributed by atoms with E-state index < -0.39 is 21.7 Å². The lowest BCUT2D eigenvalue weighted by atomic mass is 10.2. The Morgan fingerprint density at radius 1 is 1.10 bits per heavy atom. The lowest BCUT2D eigenvalue weighted by Gasteiger charge is -2.09. The molecule has 1 heterocycles. The van der Waals surface area contributed by atoms with Crippen molar-refractivity contribution >= 4 is 59.9 Å². The van der Waals surface area contributed by atoms with Crippen molar-refractivity contribution in [1.82, 2.24) is 4.98 Å². The average molecular weight is 476 g/mol. The van der Waals surface area contributed by atoms with Gasteiger partial charge in [-0.25, -0.2) is 17.8 Å². The predicted molar refractivity (Wildman–Crippen MR) is 121 cm³/mol. The summed E-state index contributed by atoms with van der Waals surface area (Å²) in [7, 11) is -3.93. The van der Waals surface area contributed by atoms with Crippen LogP contribution >= 0.6 is 22.9 Å². The first-order chi connectivity index (χ1) is 14.7. The molecule has 158 valence electrons. The molecule has 0 spiro atoms. The fourth-order valence-electron chi connectivity index (χ4n) is 2.93. The highest BCUT2D eigenvalue weighted by molar-refractivity contribution is 7.92. The number of nitrogens with one attached hydrogen (secondary N) is 2. The van der Waals surface area contributed by atoms with Gasteiger partial charge in [0.05, 0.1) is 15.1 Å². The summed E-state index contributed by atoms with van der Waals surface area (Å²) in [5.41, 5.74) is 2.10. The summed E-state index contributed by atoms with van der Waals surface area (Å²) in [6.45, 7) is 1.89. The van der Waals surface area contributed by atoms with Crippen molar-refractivity contribution in [2.75, 3.05) is 10.0 Å². The van der Waals surface area contributed by atoms with Gasteiger partial charge in [0, 0.05) is 16.3 Å². The number of amides is 1. The minimum Gasteiger partial charge on any atom is -0.298 e. The molecule has 1 amide bonds. The van der Waals surface area contributed by atoms with E-state index in [-0.39, 0.29) is 16.1 Å². The van der Waals surface area contributed by atoms with Crippen molar-refractivity contribution in [3.05, 3.63) is 82.6 Å². The largest absolute Gasteiger partial charge is 0.298 e. The van der Waals surface area contributed by atoms with Gasteiger partial charge in [0.25, 0.3) is 15.9 Å². The number of anilines is 2. The number of rotatable bonds is 5. The zero-order chi connectivity index (χ0) is 22.2. The van der Waals surface area contributed by atoms with Crippen molar-refractivity contribution in [3.63, 3.8) is 0 Å². The van der Waals surface area contributed by atoms with Gasteiger partial charge in [0.1, 0.15) is 5.82 Å². The molecule has 1 aromatic heterocycles. The molecule has 0 bridgehead atoms. The monoisotopic (exact) mass is 475 g/mol. The molecular weight excluding hydrogens is 461 g/mol. The summed E-state index contributed by atoms with van der Waals surface area (Å²) >= 11 is 7.37. The van der Waals surface area contributed by atoms with Crippen LogP contribution in [-0.4, -0.2) is 19.3 Å². The van der Waals surface area contributed by atoms with Crippen LogP contribution in [0.4, 0.5) is 15.2 Å². The zero-order valence-corrected chi connectivity index (χ0v) is 18.4. The van der Waals surface area contributed by atoms with Crippen LogP contribution in [0.1, 0.15) is 15.9 Å². The minimum absolute atomic E-state index is 0.0905. The predicted octanol–water partition coefficient (Wildman–Crippen LogP) is 5.45. The Hall–Kier alpha value is -3.01. The molecule has 0 unspecified atom stereocenters. The van der Waals surface area contributed by atoms with Crippen LogP contribution in [0.15, 0.2) is 65.6 Å². The Balaban J connectivity index is 1.54. The number of benzene rings is 3. The molecule has 4 rings (SSSR count). The van der Waals surface area contributed by atoms with E-state index in [4.69, 9.17) is 11.6 Å². The minimum atomic E-state index is -3.93. The molecule has 0 aliphatic heterocycles. The van der Waals surface area contributed by atoms with Crippen LogP contribution in [0.2, 0.25) is 5.02 Å². The summed E-state index contributed by atoms with van der Waals surface area (Å²) in [5.74, 6) is -0.976. The molecule has 0 aliphatic carbocycles. The quantitative estimate of drug-likeness (QED) is 0.401. The van der Waals surface area contributed by atoms with Crippen LogP contribution in [0.3, 0.4) is 0 Å². The van der Waals surface area contributed by atoms with Crippen LogP contribution in [0.5, 0.6) is 0 Å². The first-order valence-corrected chi connectivity index (χ1v) is 11.7. The first kappa shape index (κ1) is 21.2. The molecular formula is C21H15ClFN3O3S2. The number of carbonyl (C=O) groups excluding carboxylic acids is 1. The van der Waals surface area contributed by atoms with E-state index >= 15 is 0 Å². The van der Waals surface area contributed by atoms with Gasteiger partial charge in [-0.15, -0.1) is 0 Å². The zero-order valence-electron chi connectivity index (χ0n) is 16.0. The molecule has 0 atom stereocenters. The summed E-state index contributed by atoms with van der Waals surface area (Å²) in [6.07, 6.45) is 0. The number of carbonyl (C=O) groups is 1. The Kier molecular flexibility index (Phi) is 5.65. The van der Waals surface area contributed by atoms with E-state index in [2.05, 4.69) is 15.0 Å². The third kappa shape index (κ3) is 4.68. The standard InChI is InChI=1S/C21H15ClFN3O3S2/c1-12-9-14(22)11-18-19(12)24-21(30-18)25-20(27)13-3-2-4-16(10-13)26-31(28,29)17-7-5-15(23)6-8-17/h2-11,26H,1H3,(H,24,25,27). The normalized spacial score (nSPS) is 11.5. The van der Waals surface area contributed by atoms with E-state index in [1.54, 1.807) is 24.3 Å². The molecule has 0 radical (unpaired) electrons. The summed E-state index contributed by atoms with van der Waals surface area (Å²) in [6, 6.07) is 14.1. The average Bonchev–Trinajstić information content (AvgIpc) is 3.10. The van der Waals surface area contributed by atoms with Gasteiger partial charge in [-0.3, -0.25) is 14.8 Å². The van der Waals surface area contributed by atoms with Crippen molar-refractivity contribution < 1.29 is 17.6 Å². The van der Waals surface area contributed by atoms with Gasteiger partial charge in [-0.05, 0) is 67.1 Å². The summed E-state index contributed by atoms with van der Waals surface area (Å²) < 4.78 is 41.3. The Morgan fingerprint density at radius 2 is 1.84 bits per heavy atom. The third-order valence-electron chi connectivity index (χ3n) is 4.37. The van der Waals surface area contributed by atoms with E-state index in [1.165, 1.54) is 23.5 Å². The van der Waals surface area contributed by atoms with Crippen molar-refractivity contribution in [2.24, 2.45) is 0 Å². The maximum Gasteiger partial charge on any atom is 0.261 e. The molecule has 31 heavy (non-hydrogen) atoms. The fourth-order valence-corrected chi connectivity index (χ4v) is 5.29. The number of hydrogen-bond acceptors (Lipinski definition) is 5. The topological polar surface area (TPSA) is 88.2 Å². The highest BCUT2D eigenvalue weighted by atomic mass is 35.5. The Labute approximate surface area is 186 Å². The lowest BCUT2D eigenvalue weighted by molar-refractivity contribution is 0.102. The smallest absolute Gasteiger partial charge is 0.261 e. The van der Waals surface area contributed by atoms with Gasteiger partial charge in [0.2, 0.25) is 0 Å². The second kappa shape index (κ2) is 8.26. The Bertz CT molecular complexity index is 1400. The van der Waals surface area contributed by atoms with Gasteiger partial charge in [0.15, 0.2) is 5.13 Å². The molecule has 0 saturated carbocycles. The van der Waals surface area contributed by atoms with Gasteiger partial charge in [-0.2, -0.15) is 0 Å². The van der Waals surface area contributed by atoms with Crippen molar-refractivity contribution in [3.8, 4) is 0 Å². The van der Waals surface area contributed by atoms with Crippen LogP contribution < -0.4 is 10.0 Å². The Morgan fingerprint density at radius 3 is 2.58 bits per heavy atom. The van der Waals surface area contributed by atoms with Crippen LogP contribution in [0.25, 0.3) is 10.2 Å². The third-order valence-corrected chi connectivity index (χ3v) is 6.90. The molecule has 10 heteroatoms. The number of sulfonamides is 1. The number of aryl methyl sites for hydroxylation is 1. The first-order valence-electron chi connectivity index (χ1n) is 8.98. The number of fused-ring (bicyclic) bond motifs is 1. The highest BCUT2D eigenvalue weighted by Crippen LogP contribution is 2.31. The number of thiazole rings is 1. The molecule has 2 N–H and O–H groups in total. The van der Waals surface area contributed by atoms with E-state index in [0.29, 0.717) is 10.2 Å². The highest BCUT2D eigenvalue weighted by Gasteiger charge is 2.16. The molecule has 3 aromatic carbocycles. The van der Waals surface area contributed by atoms with E-state index in [1.807, 2.05) is 6.92 Å². The molecule has 0 fully saturated rings. The van der Waals surface area contributed by atoms with Crippen LogP contribution in [-0.2, 0) is 10.0 Å². The van der Waals surface area contributed by atoms with Crippen molar-refractivity contribution in [2.45, 2.75) is 11.8 Å². The molecule has 6 nitrogen and oxygen atoms in total. The van der Waals surface area contributed by atoms with Crippen molar-refractivity contribution in [1.29, 1.82) is 0 Å². The van der Waals surface area contributed by atoms with Crippen LogP contribution in [0, 0.1) is 12.7 Å². The molecule has 0 aliphatic rings. The van der Waals surface area contributed by atoms with Gasteiger partial charge >= 0.3 is 0 Å². The maximum atomic E-state index is 13.1. The second-order valence-electron chi connectivity index (χ2n) is 6.68. The number of halogens is 2. The molecule has 4 aromatic rings. The second-order valence-corrected chi connectivity index (χ2v) is 9.83. The number of hydrogen-bond donors (Lipinski definition) is 2. The summed E-state index contributed by atoms with van der Waals surface area (Å²) in [4.78, 5) is 17.0. The van der Waals surface area contributed by atoms with Gasteiger partial charge < -0.3 is 0 Å². The lowest BCUT2D eigenvalue weighted by Crippen LogP contribution is -2.15. The van der Waals surface area contributed by atoms with Gasteiger partial charge in [-0.1, -0.05) is 29.0 Å². The maximum absolute atomic E-state index is 13.1. The fraction of sp³-hybridized carbons (Fsp3) is 0.0476. The van der Waals surface area contributed by atoms with E-state index in [9.17, 15) is 17.6 Å². The number of nitrogens with zero attached hydrogens (tertiary/aromatic N) is 1. The van der Waals surface area contributed by atoms with E-state index in [0.717, 1.165) is 40.0 Å². The number of aromatic nitrogens is 1.